The third-order valence-electron chi connectivity index (χ3n) is 21.2. The van der Waals surface area contributed by atoms with Crippen LogP contribution in [-0.2, 0) is 109 Å². The second-order valence-corrected chi connectivity index (χ2v) is 29.6. The van der Waals surface area contributed by atoms with Crippen LogP contribution in [0.15, 0.2) is 0 Å². The molecule has 0 bridgehead atoms. The van der Waals surface area contributed by atoms with Gasteiger partial charge < -0.3 is 230 Å². The maximum Gasteiger partial charge on any atom is 0.217 e. The van der Waals surface area contributed by atoms with Crippen LogP contribution in [0.4, 0.5) is 0 Å². The van der Waals surface area contributed by atoms with Crippen molar-refractivity contribution in [2.24, 2.45) is 0 Å². The summed E-state index contributed by atoms with van der Waals surface area (Å²) in [5.74, 6) is -5.36. The highest BCUT2D eigenvalue weighted by Gasteiger charge is 2.62. The highest BCUT2D eigenvalue weighted by molar-refractivity contribution is 5.75. The van der Waals surface area contributed by atoms with Crippen molar-refractivity contribution in [2.45, 2.75) is 318 Å². The summed E-state index contributed by atoms with van der Waals surface area (Å²) in [6.07, 6.45) is -82.7. The Kier molecular flexibility index (Phi) is 35.1. The second kappa shape index (κ2) is 42.7. The summed E-state index contributed by atoms with van der Waals surface area (Å²) >= 11 is 0. The topological polar surface area (TPSA) is 797 Å². The van der Waals surface area contributed by atoms with Crippen molar-refractivity contribution in [3.8, 4) is 0 Å². The molecule has 0 aromatic carbocycles. The van der Waals surface area contributed by atoms with Crippen LogP contribution < -0.4 is 31.9 Å². The fourth-order valence-electron chi connectivity index (χ4n) is 15.3. The van der Waals surface area contributed by atoms with E-state index < -0.39 is 371 Å². The minimum atomic E-state index is -2.65. The van der Waals surface area contributed by atoms with Crippen molar-refractivity contribution in [3.63, 3.8) is 0 Å². The normalized spacial score (nSPS) is 46.9. The van der Waals surface area contributed by atoms with E-state index in [1.54, 1.807) is 0 Å². The fraction of sp³-hybridized carbons (Fsp3) is 0.909. The van der Waals surface area contributed by atoms with Crippen molar-refractivity contribution in [3.05, 3.63) is 0 Å². The zero-order chi connectivity index (χ0) is 87.1. The van der Waals surface area contributed by atoms with Crippen LogP contribution in [0.1, 0.15) is 41.5 Å². The van der Waals surface area contributed by atoms with Gasteiger partial charge in [-0.1, -0.05) is 0 Å². The summed E-state index contributed by atoms with van der Waals surface area (Å²) in [5, 5.41) is 274. The Morgan fingerprint density at radius 1 is 0.220 bits per heavy atom. The van der Waals surface area contributed by atoms with Crippen LogP contribution in [0.5, 0.6) is 0 Å². The predicted octanol–water partition coefficient (Wildman–Crippen LogP) is -19.8. The van der Waals surface area contributed by atoms with E-state index in [0.29, 0.717) is 0 Å². The van der Waals surface area contributed by atoms with Gasteiger partial charge in [-0.05, 0) is 0 Å². The quantitative estimate of drug-likeness (QED) is 0.0306. The van der Waals surface area contributed by atoms with Gasteiger partial charge in [-0.2, -0.15) is 0 Å². The largest absolute Gasteiger partial charge is 0.394 e. The summed E-state index contributed by atoms with van der Waals surface area (Å²) in [6, 6.07) is -11.0. The molecule has 680 valence electrons. The summed E-state index contributed by atoms with van der Waals surface area (Å²) in [7, 11) is 0. The van der Waals surface area contributed by atoms with E-state index in [-0.39, 0.29) is 0 Å². The molecule has 9 aliphatic heterocycles. The molecule has 0 spiro atoms. The Bertz CT molecular complexity index is 3230. The number of aliphatic hydroxyl groups is 23. The molecule has 9 rings (SSSR count). The van der Waals surface area contributed by atoms with Gasteiger partial charge in [0.15, 0.2) is 56.6 Å². The molecule has 0 aromatic rings. The van der Waals surface area contributed by atoms with Gasteiger partial charge in [-0.15, -0.1) is 0 Å². The summed E-state index contributed by atoms with van der Waals surface area (Å²) < 4.78 is 103. The highest BCUT2D eigenvalue weighted by Crippen LogP contribution is 2.41. The number of amides is 6. The predicted molar refractivity (Wildman–Crippen MR) is 367 cm³/mol. The number of carbonyl (C=O) groups is 6. The number of rotatable bonds is 31. The summed E-state index contributed by atoms with van der Waals surface area (Å²) in [6.45, 7) is -4.44. The molecule has 0 radical (unpaired) electrons. The number of ether oxygens (including phenoxy) is 17. The van der Waals surface area contributed by atoms with E-state index >= 15 is 0 Å². The molecular weight excluding hydrogens is 1610 g/mol. The van der Waals surface area contributed by atoms with Crippen LogP contribution in [0.25, 0.3) is 0 Å². The van der Waals surface area contributed by atoms with Gasteiger partial charge in [0.2, 0.25) is 35.4 Å². The van der Waals surface area contributed by atoms with E-state index in [0.717, 1.165) is 41.5 Å². The van der Waals surface area contributed by atoms with E-state index in [1.165, 1.54) is 0 Å². The van der Waals surface area contributed by atoms with E-state index in [2.05, 4.69) is 31.9 Å². The SMILES string of the molecule is CC(=O)N[C@H]1[C@H](O[C@H]2[C@H](O)[C@@H](NC(C)=O)C(O)O[C@@H]2CO)O[C@H](CO)[C@@H](O[C@@H]2O[C@H](CO[C@H]3O[C@H](CO)[C@@H](O[C@@H]4O[C@H](CO)[C@@H](O)[C@H](O)[C@H]4NC(C)=O)[C@H](O)[C@@H]3O[C@@H]3O[C@H](CO)[C@@H](O)[C@H](O)[C@H]3NC(C)=O)[C@@H](O)[C@H](O[C@H]3O[C@H](CO)[C@@H](O[C@@H]4O[C@H](CO)[C@@H](O)[C@H](O)[C@H]4NC(C)=O)[C@H](O)[C@@H]3O[C@@H]3O[C@H](CO)[C@@H](O)[C@H](O)[C@H]3NC(C)=O)[C@@H]2O)[C@@H]1O. The third-order valence-corrected chi connectivity index (χ3v) is 21.2. The van der Waals surface area contributed by atoms with Crippen LogP contribution in [0.2, 0.25) is 0 Å². The average Bonchev–Trinajstić information content (AvgIpc) is 0.759. The molecule has 9 fully saturated rings. The third kappa shape index (κ3) is 21.9. The first-order valence-electron chi connectivity index (χ1n) is 37.6. The fourth-order valence-corrected chi connectivity index (χ4v) is 15.3. The summed E-state index contributed by atoms with van der Waals surface area (Å²) in [4.78, 5) is 76.1. The van der Waals surface area contributed by atoms with Crippen molar-refractivity contribution in [1.82, 2.24) is 31.9 Å². The van der Waals surface area contributed by atoms with Gasteiger partial charge in [-0.25, -0.2) is 0 Å². The molecule has 29 N–H and O–H groups in total. The Labute approximate surface area is 669 Å². The first kappa shape index (κ1) is 97.0. The van der Waals surface area contributed by atoms with Gasteiger partial charge in [0.05, 0.1) is 59.5 Å². The Hall–Kier alpha value is -4.78. The first-order valence-corrected chi connectivity index (χ1v) is 37.6. The number of aliphatic hydroxyl groups excluding tert-OH is 23. The molecular formula is C66H110N6O46. The molecule has 9 heterocycles. The molecule has 0 aliphatic carbocycles. The lowest BCUT2D eigenvalue weighted by Gasteiger charge is -2.52. The summed E-state index contributed by atoms with van der Waals surface area (Å²) in [5.41, 5.74) is 0. The maximum atomic E-state index is 13.1. The molecule has 118 heavy (non-hydrogen) atoms. The van der Waals surface area contributed by atoms with Crippen LogP contribution in [0.3, 0.4) is 0 Å². The second-order valence-electron chi connectivity index (χ2n) is 29.6. The Morgan fingerprint density at radius 3 is 0.771 bits per heavy atom. The standard InChI is InChI=1S/C66H110N6O46/c1-16(81)67-31-46(96)51(26(11-77)103-58(31)101)112-63-36(72-21(6)86)47(97)52(27(12-78)108-63)115-64-50(100)55(116-66-57(118-62-35(71-20(5)85)45(95)40(90)25(10-76)107-62)49(99)54(29(14-80)110-66)114-60-33(69-18(3)83)43(93)38(88)23(8-74)105-60)41(91)30(111-64)15-102-65-56(117-61-34(70-19(4)84)44(94)39(89)24(9-75)106-61)48(98)53(28(13-79)109-65)113-59-32(68-17(2)82)42(92)37(87)22(7-73)104-59/h22-66,73-80,87-101H,7-15H2,1-6H3,(H,67,81)(H,68,82)(H,69,83)(H,70,84)(H,71,85)(H,72,86)/t22-,23-,24-,25-,26-,27-,28-,29-,30-,31-,32-,33-,34-,35-,36-,37-,38-,39-,40-,41-,42-,43-,44-,45-,46-,47-,48+,49+,50+,51-,52-,53-,54-,55+,56+,57+,58?,59+,60+,61+,62+,63+,64+,65+,66-/m1/s1. The van der Waals surface area contributed by atoms with Crippen molar-refractivity contribution in [2.75, 3.05) is 59.5 Å². The van der Waals surface area contributed by atoms with Crippen molar-refractivity contribution >= 4 is 35.4 Å². The zero-order valence-corrected chi connectivity index (χ0v) is 64.0. The van der Waals surface area contributed by atoms with Crippen LogP contribution in [-0.4, -0.2) is 488 Å². The van der Waals surface area contributed by atoms with E-state index in [1.807, 2.05) is 0 Å². The number of hydrogen-bond acceptors (Lipinski definition) is 46. The van der Waals surface area contributed by atoms with Crippen LogP contribution in [0, 0.1) is 0 Å². The van der Waals surface area contributed by atoms with Gasteiger partial charge >= 0.3 is 0 Å². The van der Waals surface area contributed by atoms with Gasteiger partial charge in [0, 0.05) is 41.5 Å². The molecule has 0 aromatic heterocycles. The highest BCUT2D eigenvalue weighted by atomic mass is 16.8. The van der Waals surface area contributed by atoms with Crippen molar-refractivity contribution in [1.29, 1.82) is 0 Å². The monoisotopic (exact) mass is 1720 g/mol. The smallest absolute Gasteiger partial charge is 0.217 e. The average molecular weight is 1720 g/mol. The van der Waals surface area contributed by atoms with E-state index in [4.69, 9.17) is 80.5 Å². The van der Waals surface area contributed by atoms with Crippen molar-refractivity contribution < 1.29 is 227 Å². The van der Waals surface area contributed by atoms with Gasteiger partial charge in [0.1, 0.15) is 219 Å². The molecule has 9 aliphatic rings. The lowest BCUT2D eigenvalue weighted by molar-refractivity contribution is -0.404. The van der Waals surface area contributed by atoms with Gasteiger partial charge in [-0.3, -0.25) is 28.8 Å². The molecule has 9 saturated heterocycles. The Balaban J connectivity index is 1.14. The minimum Gasteiger partial charge on any atom is -0.394 e. The van der Waals surface area contributed by atoms with E-state index in [9.17, 15) is 146 Å². The number of carbonyl (C=O) groups excluding carboxylic acids is 6. The maximum absolute atomic E-state index is 13.1. The molecule has 6 amide bonds. The van der Waals surface area contributed by atoms with Gasteiger partial charge in [0.25, 0.3) is 0 Å². The molecule has 1 unspecified atom stereocenters. The number of nitrogens with one attached hydrogen (secondary N) is 6. The molecule has 52 heteroatoms. The van der Waals surface area contributed by atoms with Crippen LogP contribution >= 0.6 is 0 Å². The number of hydrogen-bond donors (Lipinski definition) is 29. The lowest BCUT2D eigenvalue weighted by atomic mass is 9.93. The first-order chi connectivity index (χ1) is 55.8. The molecule has 0 saturated carbocycles. The zero-order valence-electron chi connectivity index (χ0n) is 64.0. The lowest BCUT2D eigenvalue weighted by Crippen LogP contribution is -2.71. The molecule has 52 nitrogen and oxygen atoms in total. The molecule has 45 atom stereocenters. The minimum absolute atomic E-state index is 0.801. The Morgan fingerprint density at radius 2 is 0.449 bits per heavy atom.